The van der Waals surface area contributed by atoms with E-state index in [1.54, 1.807) is 0 Å². The topological polar surface area (TPSA) is 0 Å². The summed E-state index contributed by atoms with van der Waals surface area (Å²) in [4.78, 5) is 0. The largest absolute Gasteiger partial charge is 0.384 e. The molecule has 0 N–H and O–H groups in total. The van der Waals surface area contributed by atoms with Crippen LogP contribution in [-0.2, 0) is 0 Å². The van der Waals surface area contributed by atoms with Crippen molar-refractivity contribution in [2.45, 2.75) is 60.0 Å². The van der Waals surface area contributed by atoms with Crippen molar-refractivity contribution >= 4 is 40.0 Å². The molecule has 0 aliphatic heterocycles. The van der Waals surface area contributed by atoms with Gasteiger partial charge in [-0.2, -0.15) is 52.7 Å². The van der Waals surface area contributed by atoms with Crippen molar-refractivity contribution in [2.24, 2.45) is 0 Å². The van der Waals surface area contributed by atoms with Crippen molar-refractivity contribution in [2.75, 3.05) is 0 Å². The zero-order valence-corrected chi connectivity index (χ0v) is 16.6. The lowest BCUT2D eigenvalue weighted by atomic mass is 9.73. The Labute approximate surface area is 175 Å². The molecule has 0 bridgehead atoms. The molecule has 0 aromatic rings. The lowest BCUT2D eigenvalue weighted by Gasteiger charge is -2.50. The third-order valence-electron chi connectivity index (χ3n) is 3.79. The Morgan fingerprint density at radius 2 is 0.806 bits per heavy atom. The maximum Gasteiger partial charge on any atom is 0.384 e. The van der Waals surface area contributed by atoms with Crippen LogP contribution in [0.15, 0.2) is 0 Å². The highest BCUT2D eigenvalue weighted by Crippen LogP contribution is 2.67. The Morgan fingerprint density at radius 1 is 0.548 bits per heavy atom. The molecule has 0 aromatic carbocycles. The Bertz CT molecular complexity index is 637. The minimum Gasteiger partial charge on any atom is -0.237 e. The fourth-order valence-corrected chi connectivity index (χ4v) is 2.12. The van der Waals surface area contributed by atoms with Crippen LogP contribution in [0.3, 0.4) is 0 Å². The summed E-state index contributed by atoms with van der Waals surface area (Å²) in [5.74, 6) is -48.6. The first-order chi connectivity index (χ1) is 13.2. The molecule has 0 saturated heterocycles. The van der Waals surface area contributed by atoms with Crippen LogP contribution < -0.4 is 0 Å². The van der Waals surface area contributed by atoms with Crippen LogP contribution in [0.1, 0.15) is 0 Å². The minimum atomic E-state index is -8.28. The van der Waals surface area contributed by atoms with Crippen molar-refractivity contribution in [3.63, 3.8) is 0 Å². The highest BCUT2D eigenvalue weighted by molar-refractivity contribution is 7.54. The predicted octanol–water partition coefficient (Wildman–Crippen LogP) is 7.15. The summed E-state index contributed by atoms with van der Waals surface area (Å²) in [5, 5.41) is 0. The number of alkyl halides is 17. The third-order valence-corrected chi connectivity index (χ3v) is 3.79. The summed E-state index contributed by atoms with van der Waals surface area (Å²) < 4.78 is 223. The van der Waals surface area contributed by atoms with Gasteiger partial charge in [0.1, 0.15) is 0 Å². The molecule has 187 valence electrons. The maximum atomic E-state index is 13.9. The molecule has 21 heteroatoms. The van der Waals surface area contributed by atoms with Crippen LogP contribution in [0, 0.1) is 0 Å². The highest BCUT2D eigenvalue weighted by atomic mass is 35.8. The van der Waals surface area contributed by atoms with E-state index in [0.29, 0.717) is 0 Å². The zero-order valence-electron chi connectivity index (χ0n) is 13.3. The highest BCUT2D eigenvalue weighted by Gasteiger charge is 2.98. The average Bonchev–Trinajstić information content (AvgIpc) is 2.57. The van der Waals surface area contributed by atoms with Crippen LogP contribution in [0.2, 0.25) is 0 Å². The van der Waals surface area contributed by atoms with Crippen LogP contribution >= 0.6 is 33.2 Å². The molecule has 3 atom stereocenters. The van der Waals surface area contributed by atoms with Crippen molar-refractivity contribution in [1.82, 2.24) is 0 Å². The SMILES string of the molecule is Cl[Si](Cl)Cl.FC(F)C(F)C1(F)C(F)C(F)(F)C(F)(F)C(F)(F)C(F)(F)C(F)(F)C1(F)F. The van der Waals surface area contributed by atoms with Crippen molar-refractivity contribution < 1.29 is 74.6 Å². The normalized spacial score (nSPS) is 33.7. The summed E-state index contributed by atoms with van der Waals surface area (Å²) in [6.07, 6.45) is -17.8. The van der Waals surface area contributed by atoms with Gasteiger partial charge in [-0.05, 0) is 0 Å². The quantitative estimate of drug-likeness (QED) is 0.185. The Balaban J connectivity index is 0.00000206. The van der Waals surface area contributed by atoms with E-state index in [4.69, 9.17) is 33.2 Å². The van der Waals surface area contributed by atoms with Gasteiger partial charge in [-0.15, -0.1) is 33.2 Å². The van der Waals surface area contributed by atoms with Gasteiger partial charge in [0, 0.05) is 0 Å². The van der Waals surface area contributed by atoms with Gasteiger partial charge in [0.2, 0.25) is 12.3 Å². The lowest BCUT2D eigenvalue weighted by molar-refractivity contribution is -0.468. The summed E-state index contributed by atoms with van der Waals surface area (Å²) in [7, 11) is 0. The molecule has 1 rings (SSSR count). The first-order valence-corrected chi connectivity index (χ1v) is 11.1. The molecular formula is C10H3Cl3F17Si. The molecular weight excluding hydrogens is 578 g/mol. The summed E-state index contributed by atoms with van der Waals surface area (Å²) >= 11 is 14.7. The van der Waals surface area contributed by atoms with E-state index in [0.717, 1.165) is 0 Å². The molecule has 0 amide bonds. The van der Waals surface area contributed by atoms with E-state index in [1.165, 1.54) is 0 Å². The second-order valence-electron chi connectivity index (χ2n) is 5.58. The average molecular weight is 581 g/mol. The molecule has 0 heterocycles. The zero-order chi connectivity index (χ0) is 25.8. The summed E-state index contributed by atoms with van der Waals surface area (Å²) in [6.45, 7) is -1.46. The van der Waals surface area contributed by atoms with Gasteiger partial charge in [-0.3, -0.25) is 0 Å². The molecule has 1 radical (unpaired) electrons. The second kappa shape index (κ2) is 8.59. The standard InChI is InChI=1S/C10H3F17.Cl3Si/c11-1(2(12)13)4(15)3(14)5(16,17)7(20,21)9(24,25)10(26,27)8(22,23)6(4,18)19;1-4(2)3/h1-3H;. The first-order valence-electron chi connectivity index (χ1n) is 6.60. The van der Waals surface area contributed by atoms with Gasteiger partial charge in [0.25, 0.3) is 12.1 Å². The minimum absolute atomic E-state index is 1.46. The van der Waals surface area contributed by atoms with Crippen LogP contribution in [0.4, 0.5) is 74.6 Å². The van der Waals surface area contributed by atoms with Crippen LogP contribution in [0.5, 0.6) is 0 Å². The van der Waals surface area contributed by atoms with E-state index in [-0.39, 0.29) is 0 Å². The fourth-order valence-electron chi connectivity index (χ4n) is 2.12. The molecule has 1 aliphatic carbocycles. The summed E-state index contributed by atoms with van der Waals surface area (Å²) in [5.41, 5.74) is -7.47. The van der Waals surface area contributed by atoms with Gasteiger partial charge in [-0.1, -0.05) is 0 Å². The van der Waals surface area contributed by atoms with Crippen molar-refractivity contribution in [1.29, 1.82) is 0 Å². The number of hydrogen-bond acceptors (Lipinski definition) is 0. The van der Waals surface area contributed by atoms with Gasteiger partial charge < -0.3 is 0 Å². The van der Waals surface area contributed by atoms with E-state index in [2.05, 4.69) is 0 Å². The molecule has 3 unspecified atom stereocenters. The monoisotopic (exact) mass is 579 g/mol. The molecule has 0 nitrogen and oxygen atoms in total. The molecule has 1 aliphatic rings. The molecule has 0 spiro atoms. The predicted molar refractivity (Wildman–Crippen MR) is 72.6 cm³/mol. The first kappa shape index (κ1) is 30.9. The van der Waals surface area contributed by atoms with E-state index in [9.17, 15) is 74.6 Å². The molecule has 1 fully saturated rings. The molecule has 0 aromatic heterocycles. The smallest absolute Gasteiger partial charge is 0.237 e. The lowest BCUT2D eigenvalue weighted by Crippen LogP contribution is -2.82. The van der Waals surface area contributed by atoms with Crippen molar-refractivity contribution in [3.8, 4) is 0 Å². The molecule has 31 heavy (non-hydrogen) atoms. The van der Waals surface area contributed by atoms with Gasteiger partial charge in [0.15, 0.2) is 0 Å². The van der Waals surface area contributed by atoms with Gasteiger partial charge in [-0.25, -0.2) is 22.0 Å². The van der Waals surface area contributed by atoms with Crippen LogP contribution in [0.25, 0.3) is 0 Å². The number of halogens is 20. The Kier molecular flexibility index (Phi) is 8.57. The maximum absolute atomic E-state index is 13.9. The Hall–Kier alpha value is -0.103. The Morgan fingerprint density at radius 3 is 1.10 bits per heavy atom. The van der Waals surface area contributed by atoms with E-state index in [1.807, 2.05) is 0 Å². The van der Waals surface area contributed by atoms with Gasteiger partial charge >= 0.3 is 42.3 Å². The third kappa shape index (κ3) is 4.04. The van der Waals surface area contributed by atoms with Crippen molar-refractivity contribution in [3.05, 3.63) is 0 Å². The number of hydrogen-bond donors (Lipinski definition) is 0. The van der Waals surface area contributed by atoms with E-state index < -0.39 is 66.7 Å². The number of rotatable bonds is 2. The molecule has 1 saturated carbocycles. The van der Waals surface area contributed by atoms with E-state index >= 15 is 0 Å². The van der Waals surface area contributed by atoms with Crippen LogP contribution in [-0.4, -0.2) is 66.7 Å². The fraction of sp³-hybridized carbons (Fsp3) is 1.00. The second-order valence-corrected chi connectivity index (χ2v) is 11.1. The summed E-state index contributed by atoms with van der Waals surface area (Å²) in [6, 6.07) is 0. The van der Waals surface area contributed by atoms with Gasteiger partial charge in [0.05, 0.1) is 0 Å².